The van der Waals surface area contributed by atoms with Crippen molar-refractivity contribution in [2.75, 3.05) is 0 Å². The topological polar surface area (TPSA) is 47.8 Å². The SMILES string of the molecule is CC1(c2nc3ccccc3n2-c2ccccc2)C=CC(c2cc(-c3c4ccc5ccccc5c4nc4c3ccc3ccccc34)cc(P(=O)(c3ccccc3)c3ccccc3)c2)=CC1. The van der Waals surface area contributed by atoms with E-state index in [0.29, 0.717) is 0 Å². The molecule has 0 N–H and O–H groups in total. The van der Waals surface area contributed by atoms with Crippen LogP contribution >= 0.6 is 7.14 Å². The summed E-state index contributed by atoms with van der Waals surface area (Å²) in [7, 11) is -3.41. The Kier molecular flexibility index (Phi) is 8.93. The molecule has 11 aromatic rings. The Morgan fingerprint density at radius 2 is 1.06 bits per heavy atom. The Morgan fingerprint density at radius 1 is 0.516 bits per heavy atom. The second-order valence-electron chi connectivity index (χ2n) is 17.1. The number of allylic oxidation sites excluding steroid dienone is 4. The van der Waals surface area contributed by atoms with Crippen LogP contribution in [0.25, 0.3) is 76.8 Å². The average molecular weight is 840 g/mol. The van der Waals surface area contributed by atoms with Gasteiger partial charge in [-0.05, 0) is 83.3 Å². The lowest BCUT2D eigenvalue weighted by molar-refractivity contribution is 0.551. The molecule has 64 heavy (non-hydrogen) atoms. The van der Waals surface area contributed by atoms with Crippen molar-refractivity contribution >= 4 is 83.0 Å². The van der Waals surface area contributed by atoms with Gasteiger partial charge >= 0.3 is 0 Å². The van der Waals surface area contributed by atoms with E-state index in [4.69, 9.17) is 9.97 Å². The largest absolute Gasteiger partial charge is 0.309 e. The Balaban J connectivity index is 1.11. The standard InChI is InChI=1S/C59H42N3OP/c1-59(58-60-53-27-15-16-28-54(53)62(58)45-19-5-2-6-20-45)35-33-40(34-36-59)43-37-44(39-48(38-43)64(63,46-21-7-3-8-22-46)47-23-9-4-10-24-47)55-51-31-29-41-17-11-13-25-49(41)56(51)61-57-50-26-14-12-18-42(50)30-32-52(55)57/h2-35,37-39H,36H2,1H3. The molecular weight excluding hydrogens is 798 g/mol. The first kappa shape index (κ1) is 38.1. The zero-order valence-electron chi connectivity index (χ0n) is 35.3. The van der Waals surface area contributed by atoms with Crippen LogP contribution in [0.4, 0.5) is 0 Å². The number of pyridine rings is 1. The van der Waals surface area contributed by atoms with E-state index >= 15 is 4.57 Å². The van der Waals surface area contributed by atoms with E-state index in [0.717, 1.165) is 110 Å². The Morgan fingerprint density at radius 3 is 1.67 bits per heavy atom. The van der Waals surface area contributed by atoms with Gasteiger partial charge in [0.25, 0.3) is 0 Å². The summed E-state index contributed by atoms with van der Waals surface area (Å²) in [6, 6.07) is 71.5. The molecule has 1 atom stereocenters. The van der Waals surface area contributed by atoms with E-state index in [1.807, 2.05) is 60.7 Å². The van der Waals surface area contributed by atoms with Gasteiger partial charge in [-0.1, -0.05) is 182 Å². The van der Waals surface area contributed by atoms with E-state index in [-0.39, 0.29) is 0 Å². The molecule has 0 spiro atoms. The molecule has 4 nitrogen and oxygen atoms in total. The van der Waals surface area contributed by atoms with E-state index in [1.54, 1.807) is 0 Å². The zero-order valence-corrected chi connectivity index (χ0v) is 36.2. The molecule has 1 aliphatic carbocycles. The third kappa shape index (κ3) is 6.09. The minimum Gasteiger partial charge on any atom is -0.309 e. The van der Waals surface area contributed by atoms with Gasteiger partial charge in [0, 0.05) is 54.1 Å². The molecule has 1 aliphatic rings. The molecule has 0 aliphatic heterocycles. The van der Waals surface area contributed by atoms with Crippen molar-refractivity contribution in [3.63, 3.8) is 0 Å². The van der Waals surface area contributed by atoms with E-state index < -0.39 is 12.6 Å². The monoisotopic (exact) mass is 839 g/mol. The fourth-order valence-corrected chi connectivity index (χ4v) is 12.6. The number of aromatic nitrogens is 3. The molecule has 304 valence electrons. The third-order valence-corrected chi connectivity index (χ3v) is 16.2. The highest BCUT2D eigenvalue weighted by molar-refractivity contribution is 7.85. The van der Waals surface area contributed by atoms with Crippen molar-refractivity contribution in [2.45, 2.75) is 18.8 Å². The first-order chi connectivity index (χ1) is 31.5. The maximum absolute atomic E-state index is 16.4. The minimum atomic E-state index is -3.41. The summed E-state index contributed by atoms with van der Waals surface area (Å²) in [6.45, 7) is 2.28. The van der Waals surface area contributed by atoms with Crippen LogP contribution in [0.2, 0.25) is 0 Å². The minimum absolute atomic E-state index is 0.401. The molecule has 1 unspecified atom stereocenters. The molecule has 0 bridgehead atoms. The van der Waals surface area contributed by atoms with Gasteiger partial charge < -0.3 is 4.57 Å². The first-order valence-corrected chi connectivity index (χ1v) is 23.6. The summed E-state index contributed by atoms with van der Waals surface area (Å²) < 4.78 is 18.7. The molecule has 0 saturated carbocycles. The number of hydrogen-bond donors (Lipinski definition) is 0. The predicted octanol–water partition coefficient (Wildman–Crippen LogP) is 13.6. The van der Waals surface area contributed by atoms with Crippen LogP contribution in [0.1, 0.15) is 24.7 Å². The molecule has 0 saturated heterocycles. The molecule has 0 amide bonds. The van der Waals surface area contributed by atoms with Crippen molar-refractivity contribution in [3.8, 4) is 16.8 Å². The third-order valence-electron chi connectivity index (χ3n) is 13.2. The van der Waals surface area contributed by atoms with E-state index in [2.05, 4.69) is 175 Å². The number of fused-ring (bicyclic) bond motifs is 7. The highest BCUT2D eigenvalue weighted by atomic mass is 31.2. The van der Waals surface area contributed by atoms with Crippen molar-refractivity contribution in [3.05, 3.63) is 236 Å². The molecular formula is C59H42N3OP. The molecule has 9 aromatic carbocycles. The summed E-state index contributed by atoms with van der Waals surface area (Å²) in [6.07, 6.45) is 7.64. The number of hydrogen-bond acceptors (Lipinski definition) is 3. The van der Waals surface area contributed by atoms with Crippen LogP contribution in [0.5, 0.6) is 0 Å². The van der Waals surface area contributed by atoms with Crippen molar-refractivity contribution in [1.29, 1.82) is 0 Å². The summed E-state index contributed by atoms with van der Waals surface area (Å²) in [5.74, 6) is 0.993. The zero-order chi connectivity index (χ0) is 42.8. The van der Waals surface area contributed by atoms with Gasteiger partial charge in [0.2, 0.25) is 0 Å². The van der Waals surface area contributed by atoms with Gasteiger partial charge in [0.15, 0.2) is 7.14 Å². The Labute approximate surface area is 371 Å². The van der Waals surface area contributed by atoms with Crippen molar-refractivity contribution in [2.24, 2.45) is 0 Å². The van der Waals surface area contributed by atoms with Gasteiger partial charge in [-0.25, -0.2) is 9.97 Å². The number of rotatable bonds is 7. The van der Waals surface area contributed by atoms with Gasteiger partial charge in [0.05, 0.1) is 22.1 Å². The fraction of sp³-hybridized carbons (Fsp3) is 0.0508. The second-order valence-corrected chi connectivity index (χ2v) is 19.9. The van der Waals surface area contributed by atoms with Crippen molar-refractivity contribution < 1.29 is 4.57 Å². The quantitative estimate of drug-likeness (QED) is 0.0912. The Bertz CT molecular complexity index is 3600. The summed E-state index contributed by atoms with van der Waals surface area (Å²) in [4.78, 5) is 10.8. The summed E-state index contributed by atoms with van der Waals surface area (Å²) >= 11 is 0. The highest BCUT2D eigenvalue weighted by Crippen LogP contribution is 2.47. The average Bonchev–Trinajstić information content (AvgIpc) is 3.77. The Hall–Kier alpha value is -7.65. The van der Waals surface area contributed by atoms with E-state index in [1.165, 1.54) is 0 Å². The molecule has 2 heterocycles. The molecule has 5 heteroatoms. The van der Waals surface area contributed by atoms with Crippen LogP contribution in [0.15, 0.2) is 224 Å². The number of para-hydroxylation sites is 3. The molecule has 0 radical (unpaired) electrons. The number of benzene rings is 9. The molecule has 12 rings (SSSR count). The number of imidazole rings is 1. The van der Waals surface area contributed by atoms with Crippen LogP contribution in [0.3, 0.4) is 0 Å². The maximum atomic E-state index is 16.4. The normalized spacial score (nSPS) is 15.4. The van der Waals surface area contributed by atoms with E-state index in [9.17, 15) is 0 Å². The smallest absolute Gasteiger partial charge is 0.171 e. The lowest BCUT2D eigenvalue weighted by Crippen LogP contribution is -2.26. The van der Waals surface area contributed by atoms with Crippen LogP contribution in [-0.4, -0.2) is 14.5 Å². The summed E-state index contributed by atoms with van der Waals surface area (Å²) in [5, 5.41) is 8.97. The predicted molar refractivity (Wildman–Crippen MR) is 269 cm³/mol. The lowest BCUT2D eigenvalue weighted by atomic mass is 9.79. The van der Waals surface area contributed by atoms with Crippen LogP contribution in [0, 0.1) is 0 Å². The number of nitrogens with zero attached hydrogens (tertiary/aromatic N) is 3. The maximum Gasteiger partial charge on any atom is 0.171 e. The molecule has 2 aromatic heterocycles. The highest BCUT2D eigenvalue weighted by Gasteiger charge is 2.34. The van der Waals surface area contributed by atoms with Crippen LogP contribution in [-0.2, 0) is 9.98 Å². The first-order valence-electron chi connectivity index (χ1n) is 21.9. The lowest BCUT2D eigenvalue weighted by Gasteiger charge is -2.29. The van der Waals surface area contributed by atoms with Gasteiger partial charge in [-0.3, -0.25) is 4.57 Å². The van der Waals surface area contributed by atoms with Gasteiger partial charge in [-0.2, -0.15) is 0 Å². The van der Waals surface area contributed by atoms with Crippen molar-refractivity contribution in [1.82, 2.24) is 14.5 Å². The molecule has 0 fully saturated rings. The van der Waals surface area contributed by atoms with Gasteiger partial charge in [0.1, 0.15) is 5.82 Å². The summed E-state index contributed by atoms with van der Waals surface area (Å²) in [5.41, 5.74) is 8.80. The second kappa shape index (κ2) is 15.0. The van der Waals surface area contributed by atoms with Crippen LogP contribution < -0.4 is 15.9 Å². The van der Waals surface area contributed by atoms with Gasteiger partial charge in [-0.15, -0.1) is 0 Å². The fourth-order valence-electron chi connectivity index (χ4n) is 9.91.